The number of nitrogens with two attached hydrogens (primary N) is 1. The van der Waals surface area contributed by atoms with E-state index in [0.29, 0.717) is 26.1 Å². The van der Waals surface area contributed by atoms with E-state index in [0.717, 1.165) is 0 Å². The Morgan fingerprint density at radius 2 is 2.17 bits per heavy atom. The van der Waals surface area contributed by atoms with Crippen LogP contribution in [0.1, 0.15) is 19.3 Å². The van der Waals surface area contributed by atoms with E-state index in [9.17, 15) is 4.79 Å². The molecular formula is C9H13NO2. The number of carbonyl (C=O) groups excluding carboxylic acids is 1. The third-order valence-corrected chi connectivity index (χ3v) is 2.20. The lowest BCUT2D eigenvalue weighted by atomic mass is 9.85. The summed E-state index contributed by atoms with van der Waals surface area (Å²) in [7, 11) is 0. The fraction of sp³-hybridized carbons (Fsp3) is 0.667. The van der Waals surface area contributed by atoms with Crippen LogP contribution in [0.4, 0.5) is 0 Å². The molecule has 0 aliphatic carbocycles. The molecule has 0 atom stereocenters. The lowest BCUT2D eigenvalue weighted by Gasteiger charge is -2.31. The van der Waals surface area contributed by atoms with Crippen LogP contribution in [-0.4, -0.2) is 24.5 Å². The average molecular weight is 167 g/mol. The Morgan fingerprint density at radius 3 is 2.67 bits per heavy atom. The van der Waals surface area contributed by atoms with Crippen LogP contribution in [0.5, 0.6) is 0 Å². The molecule has 1 aliphatic heterocycles. The van der Waals surface area contributed by atoms with Gasteiger partial charge in [-0.05, 0) is 12.8 Å². The molecule has 0 spiro atoms. The van der Waals surface area contributed by atoms with Gasteiger partial charge in [-0.2, -0.15) is 0 Å². The zero-order valence-electron chi connectivity index (χ0n) is 7.01. The van der Waals surface area contributed by atoms with E-state index in [-0.39, 0.29) is 12.2 Å². The molecule has 66 valence electrons. The normalized spacial score (nSPS) is 21.3. The molecule has 0 saturated carbocycles. The first-order valence-corrected chi connectivity index (χ1v) is 4.02. The zero-order valence-corrected chi connectivity index (χ0v) is 7.01. The van der Waals surface area contributed by atoms with Crippen molar-refractivity contribution in [1.29, 1.82) is 0 Å². The number of terminal acetylenes is 1. The van der Waals surface area contributed by atoms with Crippen LogP contribution in [0.15, 0.2) is 0 Å². The fourth-order valence-corrected chi connectivity index (χ4v) is 1.28. The number of ether oxygens (including phenoxy) is 1. The smallest absolute Gasteiger partial charge is 0.164 e. The molecule has 0 radical (unpaired) electrons. The maximum Gasteiger partial charge on any atom is 0.164 e. The monoisotopic (exact) mass is 167 g/mol. The highest BCUT2D eigenvalue weighted by Gasteiger charge is 2.34. The minimum atomic E-state index is -0.718. The Labute approximate surface area is 72.3 Å². The lowest BCUT2D eigenvalue weighted by molar-refractivity contribution is -0.126. The van der Waals surface area contributed by atoms with E-state index < -0.39 is 5.54 Å². The minimum absolute atomic E-state index is 0.0340. The number of ketones is 1. The third-order valence-electron chi connectivity index (χ3n) is 2.20. The molecule has 1 aliphatic rings. The van der Waals surface area contributed by atoms with Crippen molar-refractivity contribution in [3.63, 3.8) is 0 Å². The lowest BCUT2D eigenvalue weighted by Crippen LogP contribution is -2.51. The second-order valence-electron chi connectivity index (χ2n) is 3.07. The van der Waals surface area contributed by atoms with E-state index >= 15 is 0 Å². The van der Waals surface area contributed by atoms with Crippen LogP contribution in [0.25, 0.3) is 0 Å². The first-order chi connectivity index (χ1) is 5.69. The molecule has 1 saturated heterocycles. The highest BCUT2D eigenvalue weighted by atomic mass is 16.5. The first kappa shape index (κ1) is 9.24. The van der Waals surface area contributed by atoms with Crippen LogP contribution in [0.3, 0.4) is 0 Å². The largest absolute Gasteiger partial charge is 0.381 e. The number of hydrogen-bond acceptors (Lipinski definition) is 3. The maximum atomic E-state index is 11.4. The van der Waals surface area contributed by atoms with Crippen molar-refractivity contribution in [2.24, 2.45) is 5.73 Å². The summed E-state index contributed by atoms with van der Waals surface area (Å²) in [5, 5.41) is 0. The Balaban J connectivity index is 2.57. The van der Waals surface area contributed by atoms with Crippen molar-refractivity contribution in [2.75, 3.05) is 13.2 Å². The van der Waals surface area contributed by atoms with Gasteiger partial charge in [-0.25, -0.2) is 0 Å². The summed E-state index contributed by atoms with van der Waals surface area (Å²) in [6, 6.07) is 0. The Morgan fingerprint density at radius 1 is 1.58 bits per heavy atom. The van der Waals surface area contributed by atoms with Gasteiger partial charge in [-0.15, -0.1) is 6.42 Å². The van der Waals surface area contributed by atoms with Gasteiger partial charge in [-0.3, -0.25) is 4.79 Å². The second kappa shape index (κ2) is 3.70. The van der Waals surface area contributed by atoms with Gasteiger partial charge in [-0.1, -0.05) is 5.92 Å². The SMILES string of the molecule is C#CCC(=O)C1(N)CCOCC1. The summed E-state index contributed by atoms with van der Waals surface area (Å²) in [6.45, 7) is 1.12. The maximum absolute atomic E-state index is 11.4. The summed E-state index contributed by atoms with van der Waals surface area (Å²) in [5.41, 5.74) is 5.15. The van der Waals surface area contributed by atoms with Gasteiger partial charge in [0.05, 0.1) is 12.0 Å². The van der Waals surface area contributed by atoms with Gasteiger partial charge in [0.2, 0.25) is 0 Å². The van der Waals surface area contributed by atoms with Gasteiger partial charge in [0.15, 0.2) is 5.78 Å². The molecule has 0 aromatic rings. The number of rotatable bonds is 2. The van der Waals surface area contributed by atoms with Gasteiger partial charge >= 0.3 is 0 Å². The Kier molecular flexibility index (Phi) is 2.85. The fourth-order valence-electron chi connectivity index (χ4n) is 1.28. The van der Waals surface area contributed by atoms with Gasteiger partial charge in [0.25, 0.3) is 0 Å². The van der Waals surface area contributed by atoms with Gasteiger partial charge < -0.3 is 10.5 Å². The van der Waals surface area contributed by atoms with Crippen molar-refractivity contribution in [1.82, 2.24) is 0 Å². The summed E-state index contributed by atoms with van der Waals surface area (Å²) in [6.07, 6.45) is 6.35. The minimum Gasteiger partial charge on any atom is -0.381 e. The predicted molar refractivity (Wildman–Crippen MR) is 45.4 cm³/mol. The van der Waals surface area contributed by atoms with E-state index in [1.807, 2.05) is 0 Å². The van der Waals surface area contributed by atoms with Crippen LogP contribution < -0.4 is 5.73 Å². The Hall–Kier alpha value is -0.850. The van der Waals surface area contributed by atoms with Crippen LogP contribution in [-0.2, 0) is 9.53 Å². The van der Waals surface area contributed by atoms with Crippen molar-refractivity contribution in [3.8, 4) is 12.3 Å². The molecule has 2 N–H and O–H groups in total. The van der Waals surface area contributed by atoms with Crippen molar-refractivity contribution in [2.45, 2.75) is 24.8 Å². The van der Waals surface area contributed by atoms with Crippen LogP contribution >= 0.6 is 0 Å². The molecule has 12 heavy (non-hydrogen) atoms. The zero-order chi connectivity index (χ0) is 9.03. The highest BCUT2D eigenvalue weighted by molar-refractivity contribution is 5.90. The standard InChI is InChI=1S/C9H13NO2/c1-2-3-8(11)9(10)4-6-12-7-5-9/h1H,3-7,10H2. The molecular weight excluding hydrogens is 154 g/mol. The molecule has 3 heteroatoms. The number of hydrogen-bond donors (Lipinski definition) is 1. The van der Waals surface area contributed by atoms with Crippen molar-refractivity contribution in [3.05, 3.63) is 0 Å². The number of carbonyl (C=O) groups is 1. The second-order valence-corrected chi connectivity index (χ2v) is 3.07. The highest BCUT2D eigenvalue weighted by Crippen LogP contribution is 2.19. The van der Waals surface area contributed by atoms with E-state index in [1.54, 1.807) is 0 Å². The molecule has 0 aromatic carbocycles. The summed E-state index contributed by atoms with van der Waals surface area (Å²) < 4.78 is 5.11. The Bertz CT molecular complexity index is 211. The van der Waals surface area contributed by atoms with Crippen LogP contribution in [0, 0.1) is 12.3 Å². The summed E-state index contributed by atoms with van der Waals surface area (Å²) >= 11 is 0. The molecule has 1 rings (SSSR count). The average Bonchev–Trinajstić information content (AvgIpc) is 2.06. The van der Waals surface area contributed by atoms with Crippen molar-refractivity contribution >= 4 is 5.78 Å². The summed E-state index contributed by atoms with van der Waals surface area (Å²) in [4.78, 5) is 11.4. The van der Waals surface area contributed by atoms with E-state index in [1.165, 1.54) is 0 Å². The summed E-state index contributed by atoms with van der Waals surface area (Å²) in [5.74, 6) is 2.29. The molecule has 0 bridgehead atoms. The van der Waals surface area contributed by atoms with Crippen LogP contribution in [0.2, 0.25) is 0 Å². The molecule has 1 heterocycles. The van der Waals surface area contributed by atoms with E-state index in [4.69, 9.17) is 16.9 Å². The molecule has 0 aromatic heterocycles. The van der Waals surface area contributed by atoms with Gasteiger partial charge in [0, 0.05) is 13.2 Å². The van der Waals surface area contributed by atoms with Crippen molar-refractivity contribution < 1.29 is 9.53 Å². The third kappa shape index (κ3) is 1.84. The molecule has 0 unspecified atom stereocenters. The molecule has 3 nitrogen and oxygen atoms in total. The molecule has 1 fully saturated rings. The van der Waals surface area contributed by atoms with E-state index in [2.05, 4.69) is 5.92 Å². The topological polar surface area (TPSA) is 52.3 Å². The van der Waals surface area contributed by atoms with Gasteiger partial charge in [0.1, 0.15) is 0 Å². The quantitative estimate of drug-likeness (QED) is 0.593. The first-order valence-electron chi connectivity index (χ1n) is 4.02. The number of Topliss-reactive ketones (excluding diaryl/α,β-unsaturated/α-hetero) is 1. The predicted octanol–water partition coefficient (Wildman–Crippen LogP) is 0.0867. The molecule has 0 amide bonds.